The Balaban J connectivity index is 5.46. The molecule has 2 N–H and O–H groups in total. The molecular formula is C32H66N6O10Si2. The van der Waals surface area contributed by atoms with Crippen molar-refractivity contribution in [1.29, 1.82) is 0 Å². The van der Waals surface area contributed by atoms with Crippen LogP contribution in [0.4, 0.5) is 0 Å². The van der Waals surface area contributed by atoms with Crippen LogP contribution in [0.5, 0.6) is 0 Å². The largest absolute Gasteiger partial charge is 0.635 e. The van der Waals surface area contributed by atoms with Crippen LogP contribution in [0.3, 0.4) is 0 Å². The maximum Gasteiger partial charge on any atom is 0.635 e. The zero-order valence-electron chi connectivity index (χ0n) is 32.8. The van der Waals surface area contributed by atoms with Crippen LogP contribution in [0.15, 0.2) is 10.2 Å². The molecule has 292 valence electrons. The fourth-order valence-electron chi connectivity index (χ4n) is 4.70. The van der Waals surface area contributed by atoms with Crippen LogP contribution in [-0.2, 0) is 45.7 Å². The summed E-state index contributed by atoms with van der Waals surface area (Å²) in [6.07, 6.45) is 1.32. The molecule has 0 heterocycles. The Hall–Kier alpha value is -2.33. The SMILES string of the molecule is CCCN(C(=O)CCNC(=O)C(C)(C)N=NC(C)(C)C(=O)NCCC(=O)N(CCC)[Si](OCC)(OCC)OCC)[Si](OCC)(OCC)OCC. The van der Waals surface area contributed by atoms with Crippen LogP contribution in [-0.4, -0.2) is 128 Å². The van der Waals surface area contributed by atoms with E-state index in [-0.39, 0.29) is 37.7 Å². The third-order valence-electron chi connectivity index (χ3n) is 7.03. The Bertz CT molecular complexity index is 952. The minimum absolute atomic E-state index is 0.00738. The fourth-order valence-corrected chi connectivity index (χ4v) is 10.2. The highest BCUT2D eigenvalue weighted by Crippen LogP contribution is 2.21. The van der Waals surface area contributed by atoms with E-state index in [9.17, 15) is 19.2 Å². The second-order valence-corrected chi connectivity index (χ2v) is 17.0. The minimum Gasteiger partial charge on any atom is -0.357 e. The summed E-state index contributed by atoms with van der Waals surface area (Å²) in [6, 6.07) is 0. The van der Waals surface area contributed by atoms with E-state index >= 15 is 0 Å². The highest BCUT2D eigenvalue weighted by atomic mass is 28.4. The summed E-state index contributed by atoms with van der Waals surface area (Å²) in [6.45, 7) is 23.8. The van der Waals surface area contributed by atoms with Gasteiger partial charge in [-0.05, 0) is 82.1 Å². The molecule has 50 heavy (non-hydrogen) atoms. The van der Waals surface area contributed by atoms with E-state index in [1.807, 2.05) is 55.4 Å². The van der Waals surface area contributed by atoms with Gasteiger partial charge >= 0.3 is 17.9 Å². The molecular weight excluding hydrogens is 685 g/mol. The molecule has 0 atom stereocenters. The molecule has 16 nitrogen and oxygen atoms in total. The van der Waals surface area contributed by atoms with E-state index in [1.165, 1.54) is 0 Å². The highest BCUT2D eigenvalue weighted by Gasteiger charge is 2.52. The molecule has 18 heteroatoms. The molecule has 0 rings (SSSR count). The van der Waals surface area contributed by atoms with Crippen LogP contribution in [0.25, 0.3) is 0 Å². The van der Waals surface area contributed by atoms with Crippen molar-refractivity contribution < 1.29 is 45.7 Å². The zero-order chi connectivity index (χ0) is 38.4. The highest BCUT2D eigenvalue weighted by molar-refractivity contribution is 6.61. The average Bonchev–Trinajstić information content (AvgIpc) is 3.05. The molecule has 0 unspecified atom stereocenters. The van der Waals surface area contributed by atoms with Crippen LogP contribution in [0.1, 0.15) is 109 Å². The maximum absolute atomic E-state index is 13.3. The average molecular weight is 751 g/mol. The van der Waals surface area contributed by atoms with E-state index in [1.54, 1.807) is 36.8 Å². The first-order chi connectivity index (χ1) is 23.6. The molecule has 0 fully saturated rings. The van der Waals surface area contributed by atoms with E-state index < -0.39 is 40.8 Å². The molecule has 0 aromatic carbocycles. The van der Waals surface area contributed by atoms with Gasteiger partial charge < -0.3 is 46.3 Å². The molecule has 0 aromatic rings. The van der Waals surface area contributed by atoms with E-state index in [0.29, 0.717) is 65.6 Å². The molecule has 4 amide bonds. The van der Waals surface area contributed by atoms with E-state index in [2.05, 4.69) is 20.9 Å². The van der Waals surface area contributed by atoms with Crippen LogP contribution in [0.2, 0.25) is 0 Å². The van der Waals surface area contributed by atoms with Crippen LogP contribution in [0, 0.1) is 0 Å². The number of nitrogens with zero attached hydrogens (tertiary/aromatic N) is 4. The Morgan fingerprint density at radius 2 is 0.780 bits per heavy atom. The summed E-state index contributed by atoms with van der Waals surface area (Å²) < 4.78 is 38.7. The first-order valence-electron chi connectivity index (χ1n) is 18.0. The number of amides is 4. The quantitative estimate of drug-likeness (QED) is 0.0888. The normalized spacial score (nSPS) is 12.6. The van der Waals surface area contributed by atoms with Gasteiger partial charge in [-0.15, -0.1) is 0 Å². The lowest BCUT2D eigenvalue weighted by Crippen LogP contribution is -2.63. The Morgan fingerprint density at radius 1 is 0.520 bits per heavy atom. The smallest absolute Gasteiger partial charge is 0.357 e. The maximum atomic E-state index is 13.3. The van der Waals surface area contributed by atoms with Crippen molar-refractivity contribution in [3.63, 3.8) is 0 Å². The van der Waals surface area contributed by atoms with Crippen molar-refractivity contribution in [2.24, 2.45) is 10.2 Å². The monoisotopic (exact) mass is 750 g/mol. The summed E-state index contributed by atoms with van der Waals surface area (Å²) in [5.41, 5.74) is -2.68. The predicted molar refractivity (Wildman–Crippen MR) is 194 cm³/mol. The van der Waals surface area contributed by atoms with Crippen molar-refractivity contribution >= 4 is 41.6 Å². The number of carbonyl (C=O) groups is 4. The lowest BCUT2D eigenvalue weighted by atomic mass is 10.0. The number of hydrogen-bond acceptors (Lipinski definition) is 12. The molecule has 0 radical (unpaired) electrons. The van der Waals surface area contributed by atoms with E-state index in [0.717, 1.165) is 0 Å². The molecule has 0 saturated heterocycles. The Morgan fingerprint density at radius 3 is 1.00 bits per heavy atom. The topological polar surface area (TPSA) is 179 Å². The van der Waals surface area contributed by atoms with E-state index in [4.69, 9.17) is 26.6 Å². The second kappa shape index (κ2) is 24.0. The summed E-state index contributed by atoms with van der Waals surface area (Å²) in [7, 11) is -6.90. The van der Waals surface area contributed by atoms with Gasteiger partial charge in [-0.3, -0.25) is 19.2 Å². The van der Waals surface area contributed by atoms with Crippen molar-refractivity contribution in [3.8, 4) is 0 Å². The van der Waals surface area contributed by atoms with Gasteiger partial charge in [0.2, 0.25) is 23.6 Å². The summed E-state index contributed by atoms with van der Waals surface area (Å²) >= 11 is 0. The van der Waals surface area contributed by atoms with Crippen molar-refractivity contribution in [3.05, 3.63) is 0 Å². The van der Waals surface area contributed by atoms with Gasteiger partial charge in [0.1, 0.15) is 0 Å². The van der Waals surface area contributed by atoms with Crippen molar-refractivity contribution in [2.75, 3.05) is 65.8 Å². The fraction of sp³-hybridized carbons (Fsp3) is 0.875. The number of hydrogen-bond donors (Lipinski definition) is 2. The summed E-state index contributed by atoms with van der Waals surface area (Å²) in [5, 5.41) is 13.9. The third kappa shape index (κ3) is 14.7. The molecule has 0 aliphatic carbocycles. The second-order valence-electron chi connectivity index (χ2n) is 12.1. The molecule has 0 saturated carbocycles. The molecule has 0 bridgehead atoms. The standard InChI is InChI=1S/C32H66N6O10Si2/c1-13-25-37(49(43-15-3,44-16-4)45-17-5)27(39)21-23-33-29(41)31(9,10)35-36-32(11,12)30(42)34-24-22-28(40)38(26-14-2)50(46-18-6,47-19-7)48-20-8/h13-26H2,1-12H3,(H,33,41)(H,34,42). The lowest BCUT2D eigenvalue weighted by Gasteiger charge is -2.37. The zero-order valence-corrected chi connectivity index (χ0v) is 34.8. The minimum atomic E-state index is -3.45. The van der Waals surface area contributed by atoms with Crippen LogP contribution < -0.4 is 10.6 Å². The number of azo groups is 1. The lowest BCUT2D eigenvalue weighted by molar-refractivity contribution is -0.133. The number of rotatable bonds is 28. The Kier molecular flexibility index (Phi) is 22.9. The number of carbonyl (C=O) groups excluding carboxylic acids is 4. The van der Waals surface area contributed by atoms with Crippen molar-refractivity contribution in [2.45, 2.75) is 120 Å². The summed E-state index contributed by atoms with van der Waals surface area (Å²) in [5.74, 6) is -1.46. The predicted octanol–water partition coefficient (Wildman–Crippen LogP) is 3.58. The van der Waals surface area contributed by atoms with Gasteiger partial charge in [0, 0.05) is 78.7 Å². The number of nitrogens with one attached hydrogen (secondary N) is 2. The molecule has 0 aliphatic heterocycles. The van der Waals surface area contributed by atoms with Gasteiger partial charge in [0.15, 0.2) is 11.1 Å². The summed E-state index contributed by atoms with van der Waals surface area (Å²) in [4.78, 5) is 52.9. The Labute approximate surface area is 302 Å². The van der Waals surface area contributed by atoms with Gasteiger partial charge in [0.05, 0.1) is 0 Å². The van der Waals surface area contributed by atoms with Gasteiger partial charge in [-0.2, -0.15) is 10.2 Å². The van der Waals surface area contributed by atoms with Crippen molar-refractivity contribution in [1.82, 2.24) is 19.8 Å². The van der Waals surface area contributed by atoms with Gasteiger partial charge in [-0.1, -0.05) is 13.8 Å². The molecule has 0 aromatic heterocycles. The molecule has 0 aliphatic rings. The van der Waals surface area contributed by atoms with Crippen LogP contribution >= 0.6 is 0 Å². The third-order valence-corrected chi connectivity index (χ3v) is 13.2. The first-order valence-corrected chi connectivity index (χ1v) is 21.4. The first kappa shape index (κ1) is 47.7. The van der Waals surface area contributed by atoms with Gasteiger partial charge in [0.25, 0.3) is 0 Å². The molecule has 0 spiro atoms. The van der Waals surface area contributed by atoms with Gasteiger partial charge in [-0.25, -0.2) is 0 Å².